The van der Waals surface area contributed by atoms with Crippen molar-refractivity contribution in [2.75, 3.05) is 20.2 Å². The van der Waals surface area contributed by atoms with Gasteiger partial charge in [-0.15, -0.1) is 0 Å². The molecule has 4 N–H and O–H groups in total. The number of benzene rings is 1. The summed E-state index contributed by atoms with van der Waals surface area (Å²) in [5, 5.41) is 5.31. The van der Waals surface area contributed by atoms with E-state index in [4.69, 9.17) is 10.5 Å². The summed E-state index contributed by atoms with van der Waals surface area (Å²) < 4.78 is 5.27. The lowest BCUT2D eigenvalue weighted by Gasteiger charge is -2.15. The third-order valence-electron chi connectivity index (χ3n) is 3.65. The molecule has 0 heterocycles. The largest absolute Gasteiger partial charge is 0.496 e. The van der Waals surface area contributed by atoms with Crippen LogP contribution < -0.4 is 21.1 Å². The number of hydrogen-bond acceptors (Lipinski definition) is 4. The molecule has 0 spiro atoms. The van der Waals surface area contributed by atoms with Crippen molar-refractivity contribution in [3.8, 4) is 5.75 Å². The van der Waals surface area contributed by atoms with E-state index in [1.807, 2.05) is 39.0 Å². The third-order valence-corrected chi connectivity index (χ3v) is 3.65. The fourth-order valence-corrected chi connectivity index (χ4v) is 2.02. The molecule has 0 radical (unpaired) electrons. The van der Waals surface area contributed by atoms with Crippen LogP contribution in [0.15, 0.2) is 18.2 Å². The molecule has 1 atom stereocenters. The summed E-state index contributed by atoms with van der Waals surface area (Å²) in [6, 6.07) is 5.37. The Balaban J connectivity index is 2.33. The summed E-state index contributed by atoms with van der Waals surface area (Å²) in [5.74, 6) is 0.338. The van der Waals surface area contributed by atoms with Crippen LogP contribution in [0.4, 0.5) is 0 Å². The van der Waals surface area contributed by atoms with Gasteiger partial charge >= 0.3 is 0 Å². The number of nitrogens with one attached hydrogen (secondary N) is 2. The molecule has 0 aliphatic heterocycles. The summed E-state index contributed by atoms with van der Waals surface area (Å²) in [6.45, 7) is 6.14. The van der Waals surface area contributed by atoms with E-state index >= 15 is 0 Å². The topological polar surface area (TPSA) is 93.5 Å². The van der Waals surface area contributed by atoms with Crippen LogP contribution in [0.3, 0.4) is 0 Å². The number of amides is 2. The molecule has 0 saturated carbocycles. The first-order chi connectivity index (χ1) is 10.8. The van der Waals surface area contributed by atoms with Crippen LogP contribution in [0.1, 0.15) is 25.0 Å². The molecule has 0 aliphatic carbocycles. The van der Waals surface area contributed by atoms with Gasteiger partial charge in [0.1, 0.15) is 5.75 Å². The molecule has 6 heteroatoms. The van der Waals surface area contributed by atoms with Crippen molar-refractivity contribution in [3.05, 3.63) is 29.3 Å². The van der Waals surface area contributed by atoms with Crippen LogP contribution in [-0.4, -0.2) is 38.1 Å². The Morgan fingerprint density at radius 3 is 2.57 bits per heavy atom. The zero-order valence-corrected chi connectivity index (χ0v) is 14.3. The van der Waals surface area contributed by atoms with E-state index in [-0.39, 0.29) is 24.3 Å². The Morgan fingerprint density at radius 2 is 1.96 bits per heavy atom. The molecule has 0 fully saturated rings. The Kier molecular flexibility index (Phi) is 7.54. The zero-order chi connectivity index (χ0) is 17.4. The highest BCUT2D eigenvalue weighted by Gasteiger charge is 2.17. The second kappa shape index (κ2) is 9.15. The van der Waals surface area contributed by atoms with Gasteiger partial charge in [-0.1, -0.05) is 26.0 Å². The van der Waals surface area contributed by atoms with E-state index in [0.717, 1.165) is 16.9 Å². The van der Waals surface area contributed by atoms with E-state index in [0.29, 0.717) is 13.0 Å². The second-order valence-corrected chi connectivity index (χ2v) is 5.89. The number of methoxy groups -OCH3 is 1. The molecule has 0 aliphatic rings. The van der Waals surface area contributed by atoms with Gasteiger partial charge in [0.05, 0.1) is 19.7 Å². The highest BCUT2D eigenvalue weighted by Crippen LogP contribution is 2.18. The lowest BCUT2D eigenvalue weighted by atomic mass is 10.1. The van der Waals surface area contributed by atoms with Gasteiger partial charge in [0.25, 0.3) is 0 Å². The van der Waals surface area contributed by atoms with E-state index in [9.17, 15) is 9.59 Å². The minimum Gasteiger partial charge on any atom is -0.496 e. The van der Waals surface area contributed by atoms with E-state index in [1.54, 1.807) is 7.11 Å². The average Bonchev–Trinajstić information content (AvgIpc) is 2.53. The molecule has 1 rings (SSSR count). The van der Waals surface area contributed by atoms with Crippen molar-refractivity contribution in [2.45, 2.75) is 33.2 Å². The summed E-state index contributed by atoms with van der Waals surface area (Å²) >= 11 is 0. The number of nitrogens with two attached hydrogens (primary N) is 1. The lowest BCUT2D eigenvalue weighted by molar-refractivity contribution is -0.127. The number of ether oxygens (including phenoxy) is 1. The normalized spacial score (nSPS) is 11.9. The van der Waals surface area contributed by atoms with Gasteiger partial charge < -0.3 is 21.1 Å². The lowest BCUT2D eigenvalue weighted by Crippen LogP contribution is -2.47. The fourth-order valence-electron chi connectivity index (χ4n) is 2.02. The first-order valence-corrected chi connectivity index (χ1v) is 7.78. The number of aryl methyl sites for hydroxylation is 1. The maximum absolute atomic E-state index is 11.7. The van der Waals surface area contributed by atoms with Gasteiger partial charge in [0, 0.05) is 6.54 Å². The molecule has 128 valence electrons. The summed E-state index contributed by atoms with van der Waals surface area (Å²) in [7, 11) is 1.64. The molecule has 1 aromatic carbocycles. The predicted molar refractivity (Wildman–Crippen MR) is 90.3 cm³/mol. The number of carbonyl (C=O) groups is 2. The molecule has 0 saturated heterocycles. The van der Waals surface area contributed by atoms with Gasteiger partial charge in [0.15, 0.2) is 0 Å². The Bertz CT molecular complexity index is 544. The summed E-state index contributed by atoms with van der Waals surface area (Å²) in [6.07, 6.45) is 0.696. The molecule has 0 unspecified atom stereocenters. The monoisotopic (exact) mass is 321 g/mol. The first kappa shape index (κ1) is 19.0. The molecule has 23 heavy (non-hydrogen) atoms. The van der Waals surface area contributed by atoms with Gasteiger partial charge in [-0.3, -0.25) is 9.59 Å². The average molecular weight is 321 g/mol. The van der Waals surface area contributed by atoms with Gasteiger partial charge in [-0.2, -0.15) is 0 Å². The summed E-state index contributed by atoms with van der Waals surface area (Å²) in [5.41, 5.74) is 7.86. The highest BCUT2D eigenvalue weighted by molar-refractivity contribution is 5.87. The molecular formula is C17H27N3O3. The van der Waals surface area contributed by atoms with Gasteiger partial charge in [-0.05, 0) is 36.5 Å². The Morgan fingerprint density at radius 1 is 1.26 bits per heavy atom. The van der Waals surface area contributed by atoms with Gasteiger partial charge in [-0.25, -0.2) is 0 Å². The van der Waals surface area contributed by atoms with Crippen molar-refractivity contribution >= 4 is 11.8 Å². The van der Waals surface area contributed by atoms with Crippen LogP contribution in [0, 0.1) is 12.8 Å². The van der Waals surface area contributed by atoms with Crippen LogP contribution in [-0.2, 0) is 16.0 Å². The van der Waals surface area contributed by atoms with E-state index in [1.165, 1.54) is 0 Å². The van der Waals surface area contributed by atoms with Crippen LogP contribution in [0.5, 0.6) is 5.75 Å². The number of carbonyl (C=O) groups excluding carboxylic acids is 2. The number of rotatable bonds is 8. The number of hydrogen-bond donors (Lipinski definition) is 3. The van der Waals surface area contributed by atoms with Crippen molar-refractivity contribution in [2.24, 2.45) is 11.7 Å². The predicted octanol–water partition coefficient (Wildman–Crippen LogP) is 0.762. The fraction of sp³-hybridized carbons (Fsp3) is 0.529. The van der Waals surface area contributed by atoms with Crippen molar-refractivity contribution < 1.29 is 14.3 Å². The zero-order valence-electron chi connectivity index (χ0n) is 14.3. The Labute approximate surface area is 137 Å². The van der Waals surface area contributed by atoms with Crippen LogP contribution >= 0.6 is 0 Å². The minimum absolute atomic E-state index is 0.0366. The van der Waals surface area contributed by atoms with Crippen molar-refractivity contribution in [1.82, 2.24) is 10.6 Å². The van der Waals surface area contributed by atoms with Crippen molar-refractivity contribution in [3.63, 3.8) is 0 Å². The minimum atomic E-state index is -0.595. The molecule has 0 aromatic heterocycles. The molecule has 0 bridgehead atoms. The van der Waals surface area contributed by atoms with Gasteiger partial charge in [0.2, 0.25) is 11.8 Å². The summed E-state index contributed by atoms with van der Waals surface area (Å²) in [4.78, 5) is 23.4. The standard InChI is InChI=1S/C17H27N3O3/c1-11(2)16(18)17(22)20-10-15(21)19-8-7-13-6-5-12(3)14(9-13)23-4/h5-6,9,11,16H,7-8,10,18H2,1-4H3,(H,19,21)(H,20,22)/t16-/m0/s1. The molecular weight excluding hydrogens is 294 g/mol. The van der Waals surface area contributed by atoms with E-state index < -0.39 is 6.04 Å². The molecule has 2 amide bonds. The maximum atomic E-state index is 11.7. The molecule has 6 nitrogen and oxygen atoms in total. The van der Waals surface area contributed by atoms with Crippen molar-refractivity contribution in [1.29, 1.82) is 0 Å². The van der Waals surface area contributed by atoms with Crippen LogP contribution in [0.2, 0.25) is 0 Å². The smallest absolute Gasteiger partial charge is 0.239 e. The Hall–Kier alpha value is -2.08. The highest BCUT2D eigenvalue weighted by atomic mass is 16.5. The second-order valence-electron chi connectivity index (χ2n) is 5.89. The van der Waals surface area contributed by atoms with E-state index in [2.05, 4.69) is 10.6 Å². The molecule has 1 aromatic rings. The third kappa shape index (κ3) is 6.28. The maximum Gasteiger partial charge on any atom is 0.239 e. The quantitative estimate of drug-likeness (QED) is 0.659. The van der Waals surface area contributed by atoms with Crippen LogP contribution in [0.25, 0.3) is 0 Å². The first-order valence-electron chi connectivity index (χ1n) is 7.78. The SMILES string of the molecule is COc1cc(CCNC(=O)CNC(=O)[C@@H](N)C(C)C)ccc1C.